The summed E-state index contributed by atoms with van der Waals surface area (Å²) in [6, 6.07) is 0. The van der Waals surface area contributed by atoms with Crippen LogP contribution < -0.4 is 11.2 Å². The lowest BCUT2D eigenvalue weighted by atomic mass is 10.2. The Morgan fingerprint density at radius 1 is 1.80 bits per heavy atom. The Morgan fingerprint density at radius 3 is 2.90 bits per heavy atom. The molecule has 0 aromatic carbocycles. The average Bonchev–Trinajstić information content (AvgIpc) is 2.34. The van der Waals surface area contributed by atoms with Crippen molar-refractivity contribution in [2.75, 3.05) is 18.9 Å². The lowest BCUT2D eigenvalue weighted by molar-refractivity contribution is -0.114. The lowest BCUT2D eigenvalue weighted by Gasteiger charge is -2.00. The van der Waals surface area contributed by atoms with E-state index in [2.05, 4.69) is 0 Å². The molecule has 1 unspecified atom stereocenters. The first-order valence-electron chi connectivity index (χ1n) is 3.16. The first kappa shape index (κ1) is 7.86. The van der Waals surface area contributed by atoms with Gasteiger partial charge in [0.05, 0.1) is 6.54 Å². The summed E-state index contributed by atoms with van der Waals surface area (Å²) in [5.74, 6) is 0.0513. The second-order valence-electron chi connectivity index (χ2n) is 2.29. The van der Waals surface area contributed by atoms with Gasteiger partial charge in [0.15, 0.2) is 5.78 Å². The molecule has 1 atom stereocenters. The van der Waals surface area contributed by atoms with Gasteiger partial charge in [0.1, 0.15) is 0 Å². The van der Waals surface area contributed by atoms with Gasteiger partial charge in [-0.25, -0.2) is 0 Å². The Kier molecular flexibility index (Phi) is 2.55. The van der Waals surface area contributed by atoms with Crippen molar-refractivity contribution < 1.29 is 4.79 Å². The van der Waals surface area contributed by atoms with Crippen LogP contribution in [0.2, 0.25) is 0 Å². The number of nitrogens with two attached hydrogens (primary N) is 2. The molecule has 0 aromatic heterocycles. The van der Waals surface area contributed by atoms with E-state index >= 15 is 0 Å². The van der Waals surface area contributed by atoms with Gasteiger partial charge in [0.25, 0.3) is 0 Å². The zero-order valence-corrected chi connectivity index (χ0v) is 6.60. The molecule has 0 spiro atoms. The normalized spacial score (nSPS) is 24.6. The van der Waals surface area contributed by atoms with Gasteiger partial charge >= 0.3 is 0 Å². The molecule has 0 radical (unpaired) electrons. The average molecular weight is 158 g/mol. The highest BCUT2D eigenvalue weighted by atomic mass is 31.1. The second kappa shape index (κ2) is 3.24. The van der Waals surface area contributed by atoms with Gasteiger partial charge in [-0.3, -0.25) is 4.79 Å². The fourth-order valence-corrected chi connectivity index (χ4v) is 2.24. The van der Waals surface area contributed by atoms with Gasteiger partial charge in [-0.15, -0.1) is 0 Å². The highest BCUT2D eigenvalue weighted by Crippen LogP contribution is 2.34. The number of rotatable bonds is 2. The molecule has 56 valence electrons. The second-order valence-corrected chi connectivity index (χ2v) is 4.14. The summed E-state index contributed by atoms with van der Waals surface area (Å²) >= 11 is 0. The van der Waals surface area contributed by atoms with Crippen LogP contribution in [0.25, 0.3) is 0 Å². The predicted octanol–water partition coefficient (Wildman–Crippen LogP) is -0.190. The van der Waals surface area contributed by atoms with E-state index < -0.39 is 8.07 Å². The molecule has 0 aliphatic carbocycles. The molecule has 0 saturated carbocycles. The highest BCUT2D eigenvalue weighted by molar-refractivity contribution is 7.56. The molecule has 1 aliphatic rings. The smallest absolute Gasteiger partial charge is 0.172 e. The Balaban J connectivity index is 2.51. The van der Waals surface area contributed by atoms with Crippen molar-refractivity contribution in [2.24, 2.45) is 11.2 Å². The summed E-state index contributed by atoms with van der Waals surface area (Å²) in [5.41, 5.74) is 11.7. The van der Waals surface area contributed by atoms with Crippen molar-refractivity contribution >= 4 is 13.9 Å². The molecule has 1 rings (SSSR count). The van der Waals surface area contributed by atoms with E-state index in [0.29, 0.717) is 0 Å². The number of allylic oxidation sites excluding steroid dienone is 1. The van der Waals surface area contributed by atoms with Gasteiger partial charge in [0, 0.05) is 6.16 Å². The maximum absolute atomic E-state index is 10.9. The van der Waals surface area contributed by atoms with Crippen molar-refractivity contribution in [3.8, 4) is 0 Å². The number of carbonyl (C=O) groups is 1. The minimum absolute atomic E-state index is 0.0513. The molecule has 1 heterocycles. The number of ketones is 1. The van der Waals surface area contributed by atoms with Crippen LogP contribution >= 0.6 is 8.07 Å². The topological polar surface area (TPSA) is 69.1 Å². The minimum Gasteiger partial charge on any atom is -0.324 e. The van der Waals surface area contributed by atoms with Crippen LogP contribution in [0.1, 0.15) is 0 Å². The SMILES string of the molecule is NCC(=O)C1=CCP(N)C1. The quantitative estimate of drug-likeness (QED) is 0.547. The summed E-state index contributed by atoms with van der Waals surface area (Å²) in [7, 11) is -0.411. The van der Waals surface area contributed by atoms with Crippen LogP contribution in [0.15, 0.2) is 11.6 Å². The van der Waals surface area contributed by atoms with Crippen LogP contribution in [-0.2, 0) is 4.79 Å². The maximum atomic E-state index is 10.9. The molecule has 0 fully saturated rings. The number of carbonyl (C=O) groups excluding carboxylic acids is 1. The van der Waals surface area contributed by atoms with Gasteiger partial charge in [-0.05, 0) is 19.8 Å². The van der Waals surface area contributed by atoms with Crippen molar-refractivity contribution in [1.82, 2.24) is 0 Å². The van der Waals surface area contributed by atoms with Crippen LogP contribution in [0, 0.1) is 0 Å². The summed E-state index contributed by atoms with van der Waals surface area (Å²) in [5, 5.41) is 0. The summed E-state index contributed by atoms with van der Waals surface area (Å²) in [6.45, 7) is 0.120. The summed E-state index contributed by atoms with van der Waals surface area (Å²) in [6.07, 6.45) is 3.57. The number of hydrogen-bond donors (Lipinski definition) is 2. The molecule has 3 nitrogen and oxygen atoms in total. The van der Waals surface area contributed by atoms with Crippen LogP contribution in [0.4, 0.5) is 0 Å². The van der Waals surface area contributed by atoms with Gasteiger partial charge in [-0.1, -0.05) is 6.08 Å². The summed E-state index contributed by atoms with van der Waals surface area (Å²) in [4.78, 5) is 10.9. The molecule has 1 aliphatic heterocycles. The maximum Gasteiger partial charge on any atom is 0.172 e. The number of Topliss-reactive ketones (excluding diaryl/α,β-unsaturated/α-hetero) is 1. The van der Waals surface area contributed by atoms with Gasteiger partial charge in [0.2, 0.25) is 0 Å². The predicted molar refractivity (Wildman–Crippen MR) is 43.0 cm³/mol. The van der Waals surface area contributed by atoms with E-state index in [1.165, 1.54) is 0 Å². The Bertz CT molecular complexity index is 179. The Morgan fingerprint density at radius 2 is 2.50 bits per heavy atom. The standard InChI is InChI=1S/C6H11N2OP/c7-3-6(9)5-1-2-10(8)4-5/h1H,2-4,7-8H2. The molecule has 10 heavy (non-hydrogen) atoms. The van der Waals surface area contributed by atoms with Crippen molar-refractivity contribution in [2.45, 2.75) is 0 Å². The van der Waals surface area contributed by atoms with E-state index in [1.54, 1.807) is 0 Å². The fraction of sp³-hybridized carbons (Fsp3) is 0.500. The van der Waals surface area contributed by atoms with E-state index in [4.69, 9.17) is 11.2 Å². The molecular formula is C6H11N2OP. The van der Waals surface area contributed by atoms with E-state index in [9.17, 15) is 4.79 Å². The molecule has 0 amide bonds. The molecule has 4 N–H and O–H groups in total. The first-order valence-corrected chi connectivity index (χ1v) is 4.94. The molecule has 0 aromatic rings. The Hall–Kier alpha value is -0.240. The van der Waals surface area contributed by atoms with Gasteiger partial charge in [-0.2, -0.15) is 0 Å². The van der Waals surface area contributed by atoms with E-state index in [0.717, 1.165) is 17.9 Å². The fourth-order valence-electron chi connectivity index (χ4n) is 0.908. The van der Waals surface area contributed by atoms with Crippen LogP contribution in [-0.4, -0.2) is 24.7 Å². The van der Waals surface area contributed by atoms with Crippen molar-refractivity contribution in [3.05, 3.63) is 11.6 Å². The largest absolute Gasteiger partial charge is 0.324 e. The van der Waals surface area contributed by atoms with Crippen LogP contribution in [0.3, 0.4) is 0 Å². The monoisotopic (exact) mass is 158 g/mol. The van der Waals surface area contributed by atoms with E-state index in [1.807, 2.05) is 6.08 Å². The third-order valence-corrected chi connectivity index (χ3v) is 2.89. The molecule has 0 saturated heterocycles. The Labute approximate surface area is 61.3 Å². The zero-order valence-electron chi connectivity index (χ0n) is 5.71. The summed E-state index contributed by atoms with van der Waals surface area (Å²) < 4.78 is 0. The molecule has 4 heteroatoms. The van der Waals surface area contributed by atoms with Crippen LogP contribution in [0.5, 0.6) is 0 Å². The highest BCUT2D eigenvalue weighted by Gasteiger charge is 2.16. The number of hydrogen-bond acceptors (Lipinski definition) is 3. The molecular weight excluding hydrogens is 147 g/mol. The minimum atomic E-state index is -0.411. The third kappa shape index (κ3) is 1.63. The third-order valence-electron chi connectivity index (χ3n) is 1.49. The van der Waals surface area contributed by atoms with Crippen molar-refractivity contribution in [3.63, 3.8) is 0 Å². The van der Waals surface area contributed by atoms with Gasteiger partial charge < -0.3 is 11.2 Å². The molecule has 0 bridgehead atoms. The lowest BCUT2D eigenvalue weighted by Crippen LogP contribution is -2.16. The van der Waals surface area contributed by atoms with Crippen molar-refractivity contribution in [1.29, 1.82) is 0 Å². The first-order chi connectivity index (χ1) is 4.74. The van der Waals surface area contributed by atoms with E-state index in [-0.39, 0.29) is 12.3 Å². The zero-order chi connectivity index (χ0) is 7.56.